The molecular weight excluding hydrogens is 238 g/mol. The number of carbonyl (C=O) groups is 1. The van der Waals surface area contributed by atoms with E-state index >= 15 is 0 Å². The van der Waals surface area contributed by atoms with Crippen LogP contribution in [0.1, 0.15) is 23.2 Å². The van der Waals surface area contributed by atoms with Crippen LogP contribution in [-0.4, -0.2) is 37.1 Å². The molecule has 17 heavy (non-hydrogen) atoms. The highest BCUT2D eigenvalue weighted by Gasteiger charge is 2.22. The predicted octanol–water partition coefficient (Wildman–Crippen LogP) is 2.36. The number of carbonyl (C=O) groups excluding carboxylic acids is 1. The van der Waals surface area contributed by atoms with E-state index in [1.165, 1.54) is 0 Å². The van der Waals surface area contributed by atoms with Gasteiger partial charge in [0, 0.05) is 25.8 Å². The second-order valence-corrected chi connectivity index (χ2v) is 4.09. The van der Waals surface area contributed by atoms with E-state index < -0.39 is 0 Å². The molecule has 0 spiro atoms. The van der Waals surface area contributed by atoms with Gasteiger partial charge in [0.25, 0.3) is 5.91 Å². The lowest BCUT2D eigenvalue weighted by Gasteiger charge is -2.31. The Hall–Kier alpha value is -1.06. The van der Waals surface area contributed by atoms with Crippen LogP contribution >= 0.6 is 12.4 Å². The first-order chi connectivity index (χ1) is 7.81. The number of hydrogen-bond acceptors (Lipinski definition) is 2. The Morgan fingerprint density at radius 2 is 1.82 bits per heavy atom. The maximum Gasteiger partial charge on any atom is 0.253 e. The van der Waals surface area contributed by atoms with Gasteiger partial charge in [0.15, 0.2) is 0 Å². The average molecular weight is 256 g/mol. The lowest BCUT2D eigenvalue weighted by Crippen LogP contribution is -2.40. The van der Waals surface area contributed by atoms with Gasteiger partial charge in [-0.1, -0.05) is 18.2 Å². The van der Waals surface area contributed by atoms with Gasteiger partial charge < -0.3 is 9.64 Å². The number of methoxy groups -OCH3 is 1. The van der Waals surface area contributed by atoms with Gasteiger partial charge in [0.05, 0.1) is 6.10 Å². The molecule has 1 aromatic carbocycles. The fourth-order valence-electron chi connectivity index (χ4n) is 2.06. The summed E-state index contributed by atoms with van der Waals surface area (Å²) in [5, 5.41) is 0. The van der Waals surface area contributed by atoms with Gasteiger partial charge in [-0.05, 0) is 25.0 Å². The maximum absolute atomic E-state index is 12.1. The summed E-state index contributed by atoms with van der Waals surface area (Å²) in [6, 6.07) is 9.45. The second kappa shape index (κ2) is 6.62. The van der Waals surface area contributed by atoms with Crippen molar-refractivity contribution in [2.75, 3.05) is 20.2 Å². The average Bonchev–Trinajstić information content (AvgIpc) is 2.39. The summed E-state index contributed by atoms with van der Waals surface area (Å²) in [5.41, 5.74) is 0.776. The van der Waals surface area contributed by atoms with Crippen molar-refractivity contribution < 1.29 is 9.53 Å². The molecule has 0 aliphatic carbocycles. The minimum Gasteiger partial charge on any atom is -0.381 e. The fraction of sp³-hybridized carbons (Fsp3) is 0.462. The molecule has 1 fully saturated rings. The van der Waals surface area contributed by atoms with Gasteiger partial charge in [-0.15, -0.1) is 12.4 Å². The highest BCUT2D eigenvalue weighted by molar-refractivity contribution is 5.94. The van der Waals surface area contributed by atoms with E-state index in [1.807, 2.05) is 35.2 Å². The summed E-state index contributed by atoms with van der Waals surface area (Å²) in [7, 11) is 1.74. The SMILES string of the molecule is COC1CCN(C(=O)c2ccccc2)CC1.Cl. The first kappa shape index (κ1) is 14.0. The molecule has 0 atom stereocenters. The molecule has 0 saturated carbocycles. The number of nitrogens with zero attached hydrogens (tertiary/aromatic N) is 1. The topological polar surface area (TPSA) is 29.5 Å². The van der Waals surface area contributed by atoms with E-state index in [0.717, 1.165) is 31.5 Å². The number of ether oxygens (including phenoxy) is 1. The predicted molar refractivity (Wildman–Crippen MR) is 69.6 cm³/mol. The van der Waals surface area contributed by atoms with E-state index in [-0.39, 0.29) is 18.3 Å². The van der Waals surface area contributed by atoms with E-state index in [1.54, 1.807) is 7.11 Å². The van der Waals surface area contributed by atoms with Crippen molar-refractivity contribution in [1.82, 2.24) is 4.90 Å². The minimum absolute atomic E-state index is 0. The molecule has 3 nitrogen and oxygen atoms in total. The molecule has 0 unspecified atom stereocenters. The standard InChI is InChI=1S/C13H17NO2.ClH/c1-16-12-7-9-14(10-8-12)13(15)11-5-3-2-4-6-11;/h2-6,12H,7-10H2,1H3;1H. The molecule has 1 aliphatic rings. The zero-order chi connectivity index (χ0) is 11.4. The van der Waals surface area contributed by atoms with E-state index in [2.05, 4.69) is 0 Å². The van der Waals surface area contributed by atoms with E-state index in [0.29, 0.717) is 6.10 Å². The number of benzene rings is 1. The van der Waals surface area contributed by atoms with Crippen LogP contribution in [0.5, 0.6) is 0 Å². The van der Waals surface area contributed by atoms with Crippen LogP contribution in [0.25, 0.3) is 0 Å². The molecule has 1 saturated heterocycles. The first-order valence-corrected chi connectivity index (χ1v) is 5.68. The van der Waals surface area contributed by atoms with Crippen molar-refractivity contribution >= 4 is 18.3 Å². The summed E-state index contributed by atoms with van der Waals surface area (Å²) < 4.78 is 5.29. The molecule has 1 aromatic rings. The summed E-state index contributed by atoms with van der Waals surface area (Å²) >= 11 is 0. The molecule has 1 heterocycles. The Morgan fingerprint density at radius 3 is 2.35 bits per heavy atom. The Kier molecular flexibility index (Phi) is 5.45. The van der Waals surface area contributed by atoms with Crippen LogP contribution < -0.4 is 0 Å². The third-order valence-corrected chi connectivity index (χ3v) is 3.08. The van der Waals surface area contributed by atoms with Crippen molar-refractivity contribution in [3.05, 3.63) is 35.9 Å². The summed E-state index contributed by atoms with van der Waals surface area (Å²) in [5.74, 6) is 0.134. The van der Waals surface area contributed by atoms with Crippen LogP contribution in [0.15, 0.2) is 30.3 Å². The van der Waals surface area contributed by atoms with Crippen LogP contribution in [0.2, 0.25) is 0 Å². The molecule has 2 rings (SSSR count). The molecule has 4 heteroatoms. The Bertz CT molecular complexity index is 348. The largest absolute Gasteiger partial charge is 0.381 e. The zero-order valence-electron chi connectivity index (χ0n) is 9.96. The van der Waals surface area contributed by atoms with E-state index in [4.69, 9.17) is 4.74 Å². The Labute approximate surface area is 108 Å². The number of halogens is 1. The van der Waals surface area contributed by atoms with Crippen molar-refractivity contribution in [3.63, 3.8) is 0 Å². The molecule has 0 radical (unpaired) electrons. The Morgan fingerprint density at radius 1 is 1.24 bits per heavy atom. The monoisotopic (exact) mass is 255 g/mol. The normalized spacial score (nSPS) is 16.4. The minimum atomic E-state index is 0. The molecule has 1 aliphatic heterocycles. The molecule has 1 amide bonds. The number of amides is 1. The van der Waals surface area contributed by atoms with Gasteiger partial charge in [-0.3, -0.25) is 4.79 Å². The third-order valence-electron chi connectivity index (χ3n) is 3.08. The molecular formula is C13H18ClNO2. The van der Waals surface area contributed by atoms with Crippen LogP contribution in [0.3, 0.4) is 0 Å². The highest BCUT2D eigenvalue weighted by Crippen LogP contribution is 2.15. The van der Waals surface area contributed by atoms with Gasteiger partial charge in [0.1, 0.15) is 0 Å². The smallest absolute Gasteiger partial charge is 0.253 e. The number of hydrogen-bond donors (Lipinski definition) is 0. The molecule has 0 bridgehead atoms. The van der Waals surface area contributed by atoms with Gasteiger partial charge >= 0.3 is 0 Å². The van der Waals surface area contributed by atoms with Gasteiger partial charge in [-0.2, -0.15) is 0 Å². The lowest BCUT2D eigenvalue weighted by atomic mass is 10.1. The van der Waals surface area contributed by atoms with Crippen molar-refractivity contribution in [1.29, 1.82) is 0 Å². The lowest BCUT2D eigenvalue weighted by molar-refractivity contribution is 0.0351. The Balaban J connectivity index is 0.00000144. The maximum atomic E-state index is 12.1. The number of piperidine rings is 1. The highest BCUT2D eigenvalue weighted by atomic mass is 35.5. The van der Waals surface area contributed by atoms with Crippen LogP contribution in [0.4, 0.5) is 0 Å². The summed E-state index contributed by atoms with van der Waals surface area (Å²) in [6.07, 6.45) is 2.20. The van der Waals surface area contributed by atoms with Gasteiger partial charge in [0.2, 0.25) is 0 Å². The number of rotatable bonds is 2. The zero-order valence-corrected chi connectivity index (χ0v) is 10.8. The van der Waals surface area contributed by atoms with Gasteiger partial charge in [-0.25, -0.2) is 0 Å². The molecule has 0 aromatic heterocycles. The summed E-state index contributed by atoms with van der Waals surface area (Å²) in [6.45, 7) is 1.60. The second-order valence-electron chi connectivity index (χ2n) is 4.09. The third kappa shape index (κ3) is 3.45. The van der Waals surface area contributed by atoms with Crippen molar-refractivity contribution in [2.24, 2.45) is 0 Å². The quantitative estimate of drug-likeness (QED) is 0.812. The van der Waals surface area contributed by atoms with E-state index in [9.17, 15) is 4.79 Å². The number of likely N-dealkylation sites (tertiary alicyclic amines) is 1. The first-order valence-electron chi connectivity index (χ1n) is 5.68. The molecule has 0 N–H and O–H groups in total. The summed E-state index contributed by atoms with van der Waals surface area (Å²) in [4.78, 5) is 14.0. The van der Waals surface area contributed by atoms with Crippen LogP contribution in [0, 0.1) is 0 Å². The van der Waals surface area contributed by atoms with Crippen LogP contribution in [-0.2, 0) is 4.74 Å². The fourth-order valence-corrected chi connectivity index (χ4v) is 2.06. The van der Waals surface area contributed by atoms with Crippen molar-refractivity contribution in [3.8, 4) is 0 Å². The molecule has 94 valence electrons. The van der Waals surface area contributed by atoms with Crippen molar-refractivity contribution in [2.45, 2.75) is 18.9 Å².